The van der Waals surface area contributed by atoms with Gasteiger partial charge in [-0.15, -0.1) is 0 Å². The first-order valence-corrected chi connectivity index (χ1v) is 9.91. The van der Waals surface area contributed by atoms with Crippen LogP contribution in [0.25, 0.3) is 0 Å². The van der Waals surface area contributed by atoms with Crippen molar-refractivity contribution in [2.24, 2.45) is 4.99 Å². The van der Waals surface area contributed by atoms with Crippen molar-refractivity contribution in [2.45, 2.75) is 78.3 Å². The van der Waals surface area contributed by atoms with Crippen LogP contribution in [-0.2, 0) is 4.79 Å². The molecule has 1 amide bonds. The van der Waals surface area contributed by atoms with Crippen LogP contribution in [0.1, 0.15) is 72.1 Å². The number of nitrogens with one attached hydrogen (secondary N) is 1. The maximum absolute atomic E-state index is 11.1. The van der Waals surface area contributed by atoms with Gasteiger partial charge in [0.25, 0.3) is 0 Å². The van der Waals surface area contributed by atoms with Crippen molar-refractivity contribution in [1.82, 2.24) is 5.32 Å². The molecule has 4 nitrogen and oxygen atoms in total. The third kappa shape index (κ3) is 7.61. The monoisotopic (exact) mass is 336 g/mol. The lowest BCUT2D eigenvalue weighted by Gasteiger charge is -2.38. The number of quaternary nitrogens is 1. The molecular formula is C20H38N3O+. The number of unbranched alkanes of at least 4 members (excludes halogenated alkanes) is 5. The number of aliphatic imine (C=N–C) groups is 1. The highest BCUT2D eigenvalue weighted by Gasteiger charge is 2.37. The predicted octanol–water partition coefficient (Wildman–Crippen LogP) is 4.07. The van der Waals surface area contributed by atoms with Crippen LogP contribution in [0, 0.1) is 0 Å². The van der Waals surface area contributed by atoms with Crippen molar-refractivity contribution in [2.75, 3.05) is 26.2 Å². The van der Waals surface area contributed by atoms with E-state index < -0.39 is 0 Å². The summed E-state index contributed by atoms with van der Waals surface area (Å²) in [7, 11) is 0. The molecule has 0 aromatic carbocycles. The first kappa shape index (κ1) is 20.9. The lowest BCUT2D eigenvalue weighted by atomic mass is 10.1. The average Bonchev–Trinajstić information content (AvgIpc) is 2.96. The van der Waals surface area contributed by atoms with E-state index in [1.54, 1.807) is 6.92 Å². The maximum Gasteiger partial charge on any atom is 0.217 e. The van der Waals surface area contributed by atoms with Crippen LogP contribution in [0.15, 0.2) is 17.1 Å². The number of hydrogen-bond acceptors (Lipinski definition) is 2. The van der Waals surface area contributed by atoms with Crippen molar-refractivity contribution in [1.29, 1.82) is 0 Å². The van der Waals surface area contributed by atoms with E-state index in [1.165, 1.54) is 44.9 Å². The van der Waals surface area contributed by atoms with Gasteiger partial charge in [-0.2, -0.15) is 0 Å². The highest BCUT2D eigenvalue weighted by molar-refractivity contribution is 5.72. The molecule has 0 saturated heterocycles. The fourth-order valence-corrected chi connectivity index (χ4v) is 3.54. The molecule has 0 spiro atoms. The van der Waals surface area contributed by atoms with Crippen molar-refractivity contribution in [3.63, 3.8) is 0 Å². The molecule has 0 saturated carbocycles. The summed E-state index contributed by atoms with van der Waals surface area (Å²) in [6.45, 7) is 9.88. The summed E-state index contributed by atoms with van der Waals surface area (Å²) in [6.07, 6.45) is 17.2. The molecule has 2 atom stereocenters. The van der Waals surface area contributed by atoms with Crippen LogP contribution in [-0.4, -0.2) is 48.9 Å². The zero-order chi connectivity index (χ0) is 17.7. The summed E-state index contributed by atoms with van der Waals surface area (Å²) in [5.74, 6) is 0.0645. The summed E-state index contributed by atoms with van der Waals surface area (Å²) in [6, 6.07) is 0. The fraction of sp³-hybridized carbons (Fsp3) is 0.800. The number of carbonyl (C=O) groups is 1. The van der Waals surface area contributed by atoms with Gasteiger partial charge < -0.3 is 5.32 Å². The molecule has 24 heavy (non-hydrogen) atoms. The van der Waals surface area contributed by atoms with Gasteiger partial charge in [-0.1, -0.05) is 38.3 Å². The highest BCUT2D eigenvalue weighted by Crippen LogP contribution is 2.24. The first-order valence-electron chi connectivity index (χ1n) is 9.91. The van der Waals surface area contributed by atoms with Crippen LogP contribution in [0.3, 0.4) is 0 Å². The summed E-state index contributed by atoms with van der Waals surface area (Å²) < 4.78 is 1.02. The summed E-state index contributed by atoms with van der Waals surface area (Å²) in [4.78, 5) is 15.8. The van der Waals surface area contributed by atoms with E-state index in [0.29, 0.717) is 6.17 Å². The Bertz CT molecular complexity index is 406. The Hall–Kier alpha value is -1.16. The number of carbonyl (C=O) groups excluding carboxylic acids is 1. The SMILES string of the molecule is CC/C=C/CCCCCCCC1N=CC[N+]1(CC)CCNC(C)=O. The van der Waals surface area contributed by atoms with E-state index in [-0.39, 0.29) is 5.91 Å². The van der Waals surface area contributed by atoms with E-state index >= 15 is 0 Å². The largest absolute Gasteiger partial charge is 0.351 e. The van der Waals surface area contributed by atoms with Gasteiger partial charge in [0, 0.05) is 13.3 Å². The van der Waals surface area contributed by atoms with Gasteiger partial charge >= 0.3 is 0 Å². The minimum absolute atomic E-state index is 0.0645. The topological polar surface area (TPSA) is 41.5 Å². The molecule has 4 heteroatoms. The van der Waals surface area contributed by atoms with Gasteiger partial charge in [0.05, 0.1) is 25.8 Å². The van der Waals surface area contributed by atoms with Crippen LogP contribution >= 0.6 is 0 Å². The Morgan fingerprint density at radius 2 is 1.96 bits per heavy atom. The summed E-state index contributed by atoms with van der Waals surface area (Å²) >= 11 is 0. The summed E-state index contributed by atoms with van der Waals surface area (Å²) in [5, 5.41) is 2.94. The smallest absolute Gasteiger partial charge is 0.217 e. The zero-order valence-corrected chi connectivity index (χ0v) is 16.1. The third-order valence-electron chi connectivity index (χ3n) is 5.15. The van der Waals surface area contributed by atoms with Gasteiger partial charge in [0.2, 0.25) is 5.91 Å². The Kier molecular flexibility index (Phi) is 10.6. The van der Waals surface area contributed by atoms with E-state index in [0.717, 1.165) is 37.1 Å². The van der Waals surface area contributed by atoms with Crippen LogP contribution in [0.5, 0.6) is 0 Å². The molecule has 1 aliphatic heterocycles. The Balaban J connectivity index is 2.21. The Labute approximate surface area is 149 Å². The van der Waals surface area contributed by atoms with E-state index in [2.05, 4.69) is 37.5 Å². The molecule has 0 aliphatic carbocycles. The lowest BCUT2D eigenvalue weighted by Crippen LogP contribution is -2.55. The zero-order valence-electron chi connectivity index (χ0n) is 16.1. The van der Waals surface area contributed by atoms with Gasteiger partial charge in [0.1, 0.15) is 6.54 Å². The molecule has 1 rings (SSSR count). The number of nitrogens with zero attached hydrogens (tertiary/aromatic N) is 2. The second-order valence-electron chi connectivity index (χ2n) is 6.96. The minimum Gasteiger partial charge on any atom is -0.351 e. The number of amides is 1. The normalized spacial score (nSPS) is 23.2. The van der Waals surface area contributed by atoms with Gasteiger partial charge in [0.15, 0.2) is 6.17 Å². The van der Waals surface area contributed by atoms with Crippen LogP contribution in [0.2, 0.25) is 0 Å². The minimum atomic E-state index is 0.0645. The Morgan fingerprint density at radius 3 is 2.67 bits per heavy atom. The number of hydrogen-bond donors (Lipinski definition) is 1. The highest BCUT2D eigenvalue weighted by atomic mass is 16.1. The van der Waals surface area contributed by atoms with E-state index in [4.69, 9.17) is 4.99 Å². The second-order valence-corrected chi connectivity index (χ2v) is 6.96. The molecular weight excluding hydrogens is 298 g/mol. The van der Waals surface area contributed by atoms with Crippen LogP contribution < -0.4 is 5.32 Å². The van der Waals surface area contributed by atoms with Gasteiger partial charge in [-0.25, -0.2) is 4.99 Å². The average molecular weight is 337 g/mol. The molecule has 0 aromatic rings. The molecule has 2 unspecified atom stereocenters. The van der Waals surface area contributed by atoms with E-state index in [1.807, 2.05) is 0 Å². The third-order valence-corrected chi connectivity index (χ3v) is 5.15. The van der Waals surface area contributed by atoms with Crippen molar-refractivity contribution in [3.8, 4) is 0 Å². The molecule has 0 fully saturated rings. The lowest BCUT2D eigenvalue weighted by molar-refractivity contribution is -0.935. The van der Waals surface area contributed by atoms with Crippen molar-refractivity contribution < 1.29 is 9.28 Å². The second kappa shape index (κ2) is 12.2. The van der Waals surface area contributed by atoms with Crippen LogP contribution in [0.4, 0.5) is 0 Å². The number of allylic oxidation sites excluding steroid dienone is 2. The van der Waals surface area contributed by atoms with Crippen molar-refractivity contribution >= 4 is 12.1 Å². The van der Waals surface area contributed by atoms with Crippen molar-refractivity contribution in [3.05, 3.63) is 12.2 Å². The summed E-state index contributed by atoms with van der Waals surface area (Å²) in [5.41, 5.74) is 0. The Morgan fingerprint density at radius 1 is 1.21 bits per heavy atom. The quantitative estimate of drug-likeness (QED) is 0.307. The fourth-order valence-electron chi connectivity index (χ4n) is 3.54. The molecule has 0 aromatic heterocycles. The molecule has 0 bridgehead atoms. The van der Waals surface area contributed by atoms with Gasteiger partial charge in [-0.05, 0) is 32.6 Å². The molecule has 1 heterocycles. The maximum atomic E-state index is 11.1. The standard InChI is InChI=1S/C20H37N3O/c1-4-6-7-8-9-10-11-12-13-14-20-22-16-18-23(20,5-2)17-15-21-19(3)24/h6-7,16,20H,4-5,8-15,17-18H2,1-3H3/p+1/b7-6+. The van der Waals surface area contributed by atoms with E-state index in [9.17, 15) is 4.79 Å². The molecule has 1 aliphatic rings. The molecule has 1 N–H and O–H groups in total. The number of likely N-dealkylation sites (N-methyl/N-ethyl adjacent to an activating group) is 1. The van der Waals surface area contributed by atoms with Gasteiger partial charge in [-0.3, -0.25) is 9.28 Å². The number of rotatable bonds is 13. The molecule has 138 valence electrons. The molecule has 0 radical (unpaired) electrons. The predicted molar refractivity (Wildman–Crippen MR) is 103 cm³/mol. The first-order chi connectivity index (χ1) is 11.6.